The second-order valence-corrected chi connectivity index (χ2v) is 5.44. The lowest BCUT2D eigenvalue weighted by atomic mass is 9.99. The van der Waals surface area contributed by atoms with Crippen LogP contribution in [0.15, 0.2) is 24.3 Å². The van der Waals surface area contributed by atoms with Gasteiger partial charge in [-0.25, -0.2) is 4.39 Å². The number of nitrogens with zero attached hydrogens (tertiary/aromatic N) is 1. The molecule has 1 unspecified atom stereocenters. The minimum Gasteiger partial charge on any atom is -0.313 e. The Kier molecular flexibility index (Phi) is 4.72. The van der Waals surface area contributed by atoms with E-state index in [0.29, 0.717) is 12.0 Å². The van der Waals surface area contributed by atoms with Gasteiger partial charge in [0.15, 0.2) is 0 Å². The van der Waals surface area contributed by atoms with Gasteiger partial charge in [-0.05, 0) is 56.6 Å². The van der Waals surface area contributed by atoms with Gasteiger partial charge in [0.1, 0.15) is 5.82 Å². The SMILES string of the molecule is CC(CNC1CCN(C)CC1)c1ccc(F)cc1. The van der Waals surface area contributed by atoms with Gasteiger partial charge in [-0.2, -0.15) is 0 Å². The molecule has 0 aromatic heterocycles. The molecule has 1 heterocycles. The molecule has 0 spiro atoms. The van der Waals surface area contributed by atoms with Crippen LogP contribution in [0.4, 0.5) is 4.39 Å². The molecule has 1 aromatic carbocycles. The Morgan fingerprint density at radius 2 is 1.89 bits per heavy atom. The molecular formula is C15H23FN2. The Morgan fingerprint density at radius 1 is 1.28 bits per heavy atom. The normalized spacial score (nSPS) is 19.9. The molecule has 0 aliphatic carbocycles. The molecule has 1 N–H and O–H groups in total. The molecule has 1 fully saturated rings. The number of hydrogen-bond donors (Lipinski definition) is 1. The van der Waals surface area contributed by atoms with Crippen LogP contribution in [0.2, 0.25) is 0 Å². The van der Waals surface area contributed by atoms with Crippen LogP contribution in [0.5, 0.6) is 0 Å². The molecule has 0 radical (unpaired) electrons. The number of halogens is 1. The highest BCUT2D eigenvalue weighted by Crippen LogP contribution is 2.16. The topological polar surface area (TPSA) is 15.3 Å². The average molecular weight is 250 g/mol. The first-order chi connectivity index (χ1) is 8.65. The highest BCUT2D eigenvalue weighted by atomic mass is 19.1. The summed E-state index contributed by atoms with van der Waals surface area (Å²) in [5.74, 6) is 0.277. The van der Waals surface area contributed by atoms with Gasteiger partial charge in [0.2, 0.25) is 0 Å². The Labute approximate surface area is 109 Å². The zero-order valence-electron chi connectivity index (χ0n) is 11.3. The largest absolute Gasteiger partial charge is 0.313 e. The number of likely N-dealkylation sites (tertiary alicyclic amines) is 1. The van der Waals surface area contributed by atoms with E-state index in [2.05, 4.69) is 24.2 Å². The molecule has 1 aromatic rings. The molecule has 1 saturated heterocycles. The fourth-order valence-corrected chi connectivity index (χ4v) is 2.47. The van der Waals surface area contributed by atoms with Crippen LogP contribution in [0.25, 0.3) is 0 Å². The summed E-state index contributed by atoms with van der Waals surface area (Å²) in [6, 6.07) is 7.50. The maximum absolute atomic E-state index is 12.8. The van der Waals surface area contributed by atoms with Gasteiger partial charge in [-0.1, -0.05) is 19.1 Å². The van der Waals surface area contributed by atoms with Crippen molar-refractivity contribution in [3.63, 3.8) is 0 Å². The summed E-state index contributed by atoms with van der Waals surface area (Å²) >= 11 is 0. The van der Waals surface area contributed by atoms with Crippen LogP contribution in [-0.2, 0) is 0 Å². The van der Waals surface area contributed by atoms with Gasteiger partial charge >= 0.3 is 0 Å². The van der Waals surface area contributed by atoms with Gasteiger partial charge < -0.3 is 10.2 Å². The quantitative estimate of drug-likeness (QED) is 0.883. The number of hydrogen-bond acceptors (Lipinski definition) is 2. The predicted octanol–water partition coefficient (Wildman–Crippen LogP) is 2.61. The van der Waals surface area contributed by atoms with Crippen molar-refractivity contribution in [2.75, 3.05) is 26.7 Å². The van der Waals surface area contributed by atoms with Crippen molar-refractivity contribution >= 4 is 0 Å². The minimum absolute atomic E-state index is 0.158. The lowest BCUT2D eigenvalue weighted by Crippen LogP contribution is -2.41. The van der Waals surface area contributed by atoms with Gasteiger partial charge in [0.25, 0.3) is 0 Å². The lowest BCUT2D eigenvalue weighted by Gasteiger charge is -2.30. The molecule has 3 heteroatoms. The average Bonchev–Trinajstić information content (AvgIpc) is 2.38. The number of nitrogens with one attached hydrogen (secondary N) is 1. The molecule has 1 atom stereocenters. The summed E-state index contributed by atoms with van der Waals surface area (Å²) in [4.78, 5) is 2.38. The lowest BCUT2D eigenvalue weighted by molar-refractivity contribution is 0.233. The van der Waals surface area contributed by atoms with Gasteiger partial charge in [0.05, 0.1) is 0 Å². The zero-order valence-corrected chi connectivity index (χ0v) is 11.3. The van der Waals surface area contributed by atoms with E-state index in [4.69, 9.17) is 0 Å². The third-order valence-corrected chi connectivity index (χ3v) is 3.87. The molecular weight excluding hydrogens is 227 g/mol. The maximum Gasteiger partial charge on any atom is 0.123 e. The van der Waals surface area contributed by atoms with E-state index in [9.17, 15) is 4.39 Å². The first kappa shape index (κ1) is 13.5. The fraction of sp³-hybridized carbons (Fsp3) is 0.600. The van der Waals surface area contributed by atoms with Crippen LogP contribution in [-0.4, -0.2) is 37.6 Å². The molecule has 100 valence electrons. The van der Waals surface area contributed by atoms with E-state index in [-0.39, 0.29) is 5.82 Å². The van der Waals surface area contributed by atoms with Crippen molar-refractivity contribution in [2.24, 2.45) is 0 Å². The Bertz CT molecular complexity index is 355. The molecule has 0 bridgehead atoms. The van der Waals surface area contributed by atoms with E-state index in [1.165, 1.54) is 31.5 Å². The Hall–Kier alpha value is -0.930. The number of piperidine rings is 1. The zero-order chi connectivity index (χ0) is 13.0. The molecule has 2 nitrogen and oxygen atoms in total. The molecule has 1 aliphatic rings. The van der Waals surface area contributed by atoms with Gasteiger partial charge in [0, 0.05) is 12.6 Å². The molecule has 1 aliphatic heterocycles. The Balaban J connectivity index is 1.77. The van der Waals surface area contributed by atoms with Crippen LogP contribution >= 0.6 is 0 Å². The predicted molar refractivity (Wildman–Crippen MR) is 73.3 cm³/mol. The van der Waals surface area contributed by atoms with Crippen molar-refractivity contribution in [2.45, 2.75) is 31.7 Å². The second kappa shape index (κ2) is 6.30. The summed E-state index contributed by atoms with van der Waals surface area (Å²) in [6.07, 6.45) is 2.46. The van der Waals surface area contributed by atoms with Crippen LogP contribution in [0, 0.1) is 5.82 Å². The van der Waals surface area contributed by atoms with Crippen LogP contribution in [0.1, 0.15) is 31.2 Å². The summed E-state index contributed by atoms with van der Waals surface area (Å²) in [5, 5.41) is 3.63. The molecule has 0 amide bonds. The van der Waals surface area contributed by atoms with E-state index < -0.39 is 0 Å². The van der Waals surface area contributed by atoms with E-state index in [1.807, 2.05) is 12.1 Å². The van der Waals surface area contributed by atoms with Gasteiger partial charge in [-0.3, -0.25) is 0 Å². The van der Waals surface area contributed by atoms with Crippen molar-refractivity contribution in [1.29, 1.82) is 0 Å². The minimum atomic E-state index is -0.158. The highest BCUT2D eigenvalue weighted by Gasteiger charge is 2.16. The summed E-state index contributed by atoms with van der Waals surface area (Å²) in [7, 11) is 2.18. The first-order valence-electron chi connectivity index (χ1n) is 6.82. The number of rotatable bonds is 4. The molecule has 2 rings (SSSR count). The summed E-state index contributed by atoms with van der Waals surface area (Å²) < 4.78 is 12.8. The van der Waals surface area contributed by atoms with Crippen LogP contribution in [0.3, 0.4) is 0 Å². The van der Waals surface area contributed by atoms with E-state index >= 15 is 0 Å². The monoisotopic (exact) mass is 250 g/mol. The number of benzene rings is 1. The standard InChI is InChI=1S/C15H23FN2/c1-12(13-3-5-14(16)6-4-13)11-17-15-7-9-18(2)10-8-15/h3-6,12,15,17H,7-11H2,1-2H3. The first-order valence-corrected chi connectivity index (χ1v) is 6.82. The molecule has 18 heavy (non-hydrogen) atoms. The smallest absolute Gasteiger partial charge is 0.123 e. The van der Waals surface area contributed by atoms with Gasteiger partial charge in [-0.15, -0.1) is 0 Å². The summed E-state index contributed by atoms with van der Waals surface area (Å²) in [5.41, 5.74) is 1.21. The third kappa shape index (κ3) is 3.79. The van der Waals surface area contributed by atoms with E-state index in [0.717, 1.165) is 6.54 Å². The van der Waals surface area contributed by atoms with Crippen LogP contribution < -0.4 is 5.32 Å². The fourth-order valence-electron chi connectivity index (χ4n) is 2.47. The highest BCUT2D eigenvalue weighted by molar-refractivity contribution is 5.20. The molecule has 0 saturated carbocycles. The van der Waals surface area contributed by atoms with Crippen molar-refractivity contribution in [1.82, 2.24) is 10.2 Å². The summed E-state index contributed by atoms with van der Waals surface area (Å²) in [6.45, 7) is 5.53. The maximum atomic E-state index is 12.8. The van der Waals surface area contributed by atoms with Crippen molar-refractivity contribution in [3.8, 4) is 0 Å². The van der Waals surface area contributed by atoms with E-state index in [1.54, 1.807) is 12.1 Å². The van der Waals surface area contributed by atoms with Crippen molar-refractivity contribution < 1.29 is 4.39 Å². The second-order valence-electron chi connectivity index (χ2n) is 5.44. The Morgan fingerprint density at radius 3 is 2.50 bits per heavy atom. The van der Waals surface area contributed by atoms with Crippen molar-refractivity contribution in [3.05, 3.63) is 35.6 Å². The third-order valence-electron chi connectivity index (χ3n) is 3.87.